The molecule has 0 spiro atoms. The van der Waals surface area contributed by atoms with Gasteiger partial charge in [-0.2, -0.15) is 0 Å². The summed E-state index contributed by atoms with van der Waals surface area (Å²) < 4.78 is 10.7. The molecule has 1 aromatic heterocycles. The maximum atomic E-state index is 12.7. The van der Waals surface area contributed by atoms with Gasteiger partial charge in [0.25, 0.3) is 5.91 Å². The number of fused-ring (bicyclic) bond motifs is 1. The van der Waals surface area contributed by atoms with Gasteiger partial charge >= 0.3 is 5.97 Å². The van der Waals surface area contributed by atoms with Crippen LogP contribution in [-0.2, 0) is 14.3 Å². The predicted octanol–water partition coefficient (Wildman–Crippen LogP) is 3.05. The van der Waals surface area contributed by atoms with E-state index in [-0.39, 0.29) is 24.8 Å². The first-order valence-corrected chi connectivity index (χ1v) is 9.29. The van der Waals surface area contributed by atoms with Crippen LogP contribution in [0.4, 0.5) is 5.69 Å². The van der Waals surface area contributed by atoms with Crippen molar-refractivity contribution < 1.29 is 23.9 Å². The molecule has 1 aliphatic rings. The van der Waals surface area contributed by atoms with Crippen molar-refractivity contribution in [1.29, 1.82) is 0 Å². The highest BCUT2D eigenvalue weighted by Crippen LogP contribution is 2.36. The maximum absolute atomic E-state index is 12.7. The van der Waals surface area contributed by atoms with Gasteiger partial charge in [0.05, 0.1) is 17.2 Å². The van der Waals surface area contributed by atoms with E-state index in [2.05, 4.69) is 0 Å². The molecular weight excluding hydrogens is 354 g/mol. The number of carbonyl (C=O) groups is 3. The Morgan fingerprint density at radius 2 is 2.08 bits per heavy atom. The summed E-state index contributed by atoms with van der Waals surface area (Å²) in [7, 11) is 0. The first-order chi connectivity index (χ1) is 12.5. The van der Waals surface area contributed by atoms with Gasteiger partial charge in [-0.3, -0.25) is 19.3 Å². The van der Waals surface area contributed by atoms with Crippen LogP contribution in [-0.4, -0.2) is 36.9 Å². The lowest BCUT2D eigenvalue weighted by molar-refractivity contribution is -0.143. The predicted molar refractivity (Wildman–Crippen MR) is 97.9 cm³/mol. The van der Waals surface area contributed by atoms with E-state index in [4.69, 9.17) is 9.47 Å². The summed E-state index contributed by atoms with van der Waals surface area (Å²) >= 11 is 1.35. The molecule has 136 valence electrons. The number of hydrogen-bond acceptors (Lipinski definition) is 6. The Morgan fingerprint density at radius 3 is 2.73 bits per heavy atom. The molecule has 7 heteroatoms. The lowest BCUT2D eigenvalue weighted by atomic mass is 10.1. The third kappa shape index (κ3) is 3.48. The zero-order valence-corrected chi connectivity index (χ0v) is 15.4. The van der Waals surface area contributed by atoms with Crippen LogP contribution in [0.5, 0.6) is 5.75 Å². The van der Waals surface area contributed by atoms with E-state index in [0.29, 0.717) is 28.3 Å². The van der Waals surface area contributed by atoms with Crippen molar-refractivity contribution in [2.75, 3.05) is 18.1 Å². The molecule has 26 heavy (non-hydrogen) atoms. The van der Waals surface area contributed by atoms with Crippen LogP contribution in [0.2, 0.25) is 0 Å². The normalized spacial score (nSPS) is 16.0. The molecule has 1 unspecified atom stereocenters. The Morgan fingerprint density at radius 1 is 1.27 bits per heavy atom. The standard InChI is InChI=1S/C19H19NO5S/c1-3-14-19(23)20(11-17(21)24-4-2)13-10-12(7-8-15(13)25-14)18(22)16-6-5-9-26-16/h5-10,14H,3-4,11H2,1-2H3. The van der Waals surface area contributed by atoms with Crippen molar-refractivity contribution in [2.45, 2.75) is 26.4 Å². The number of ketones is 1. The number of benzene rings is 1. The fourth-order valence-electron chi connectivity index (χ4n) is 2.77. The maximum Gasteiger partial charge on any atom is 0.326 e. The van der Waals surface area contributed by atoms with Crippen LogP contribution < -0.4 is 9.64 Å². The highest BCUT2D eigenvalue weighted by molar-refractivity contribution is 7.12. The number of hydrogen-bond donors (Lipinski definition) is 0. The van der Waals surface area contributed by atoms with Crippen molar-refractivity contribution >= 4 is 34.7 Å². The van der Waals surface area contributed by atoms with Crippen LogP contribution in [0.1, 0.15) is 35.5 Å². The average Bonchev–Trinajstić information content (AvgIpc) is 3.17. The summed E-state index contributed by atoms with van der Waals surface area (Å²) in [6, 6.07) is 8.50. The van der Waals surface area contributed by atoms with Crippen LogP contribution in [0, 0.1) is 0 Å². The van der Waals surface area contributed by atoms with Gasteiger partial charge in [-0.1, -0.05) is 13.0 Å². The molecule has 1 amide bonds. The van der Waals surface area contributed by atoms with E-state index in [0.717, 1.165) is 0 Å². The second kappa shape index (κ2) is 7.70. The van der Waals surface area contributed by atoms with Gasteiger partial charge in [-0.25, -0.2) is 0 Å². The largest absolute Gasteiger partial charge is 0.478 e. The highest BCUT2D eigenvalue weighted by atomic mass is 32.1. The minimum Gasteiger partial charge on any atom is -0.478 e. The lowest BCUT2D eigenvalue weighted by Gasteiger charge is -2.33. The van der Waals surface area contributed by atoms with E-state index in [1.54, 1.807) is 31.2 Å². The van der Waals surface area contributed by atoms with Crippen molar-refractivity contribution in [1.82, 2.24) is 0 Å². The molecule has 0 saturated carbocycles. The third-order valence-corrected chi connectivity index (χ3v) is 4.90. The van der Waals surface area contributed by atoms with Crippen LogP contribution in [0.3, 0.4) is 0 Å². The minimum absolute atomic E-state index is 0.135. The fraction of sp³-hybridized carbons (Fsp3) is 0.316. The Bertz CT molecular complexity index is 830. The minimum atomic E-state index is -0.657. The molecule has 0 bridgehead atoms. The second-order valence-corrected chi connectivity index (χ2v) is 6.68. The monoisotopic (exact) mass is 373 g/mol. The molecule has 1 aromatic carbocycles. The van der Waals surface area contributed by atoms with Crippen molar-refractivity contribution in [2.24, 2.45) is 0 Å². The highest BCUT2D eigenvalue weighted by Gasteiger charge is 2.35. The number of ether oxygens (including phenoxy) is 2. The third-order valence-electron chi connectivity index (χ3n) is 4.03. The van der Waals surface area contributed by atoms with Gasteiger partial charge in [0.1, 0.15) is 12.3 Å². The molecular formula is C19H19NO5S. The SMILES string of the molecule is CCOC(=O)CN1C(=O)C(CC)Oc2ccc(C(=O)c3cccs3)cc21. The molecule has 0 saturated heterocycles. The van der Waals surface area contributed by atoms with E-state index >= 15 is 0 Å². The zero-order chi connectivity index (χ0) is 18.7. The Hall–Kier alpha value is -2.67. The quantitative estimate of drug-likeness (QED) is 0.575. The smallest absolute Gasteiger partial charge is 0.326 e. The Kier molecular flexibility index (Phi) is 5.37. The van der Waals surface area contributed by atoms with E-state index in [1.165, 1.54) is 16.2 Å². The van der Waals surface area contributed by atoms with E-state index < -0.39 is 12.1 Å². The first-order valence-electron chi connectivity index (χ1n) is 8.41. The fourth-order valence-corrected chi connectivity index (χ4v) is 3.46. The molecule has 2 aromatic rings. The van der Waals surface area contributed by atoms with Gasteiger partial charge in [0.15, 0.2) is 6.10 Å². The van der Waals surface area contributed by atoms with Crippen LogP contribution >= 0.6 is 11.3 Å². The molecule has 0 fully saturated rings. The van der Waals surface area contributed by atoms with Gasteiger partial charge < -0.3 is 9.47 Å². The number of amides is 1. The number of carbonyl (C=O) groups excluding carboxylic acids is 3. The topological polar surface area (TPSA) is 72.9 Å². The lowest BCUT2D eigenvalue weighted by Crippen LogP contribution is -2.48. The average molecular weight is 373 g/mol. The number of esters is 1. The number of anilines is 1. The summed E-state index contributed by atoms with van der Waals surface area (Å²) in [5.74, 6) is -0.472. The molecule has 1 atom stereocenters. The summed E-state index contributed by atoms with van der Waals surface area (Å²) in [5, 5.41) is 1.83. The molecule has 3 rings (SSSR count). The summed E-state index contributed by atoms with van der Waals surface area (Å²) in [6.07, 6.45) is -0.177. The van der Waals surface area contributed by atoms with Crippen molar-refractivity contribution in [3.05, 3.63) is 46.2 Å². The van der Waals surface area contributed by atoms with Crippen LogP contribution in [0.25, 0.3) is 0 Å². The van der Waals surface area contributed by atoms with E-state index in [9.17, 15) is 14.4 Å². The molecule has 0 aliphatic carbocycles. The molecule has 2 heterocycles. The second-order valence-electron chi connectivity index (χ2n) is 5.73. The van der Waals surface area contributed by atoms with Gasteiger partial charge in [0, 0.05) is 5.56 Å². The summed E-state index contributed by atoms with van der Waals surface area (Å²) in [4.78, 5) is 39.2. The van der Waals surface area contributed by atoms with Crippen molar-refractivity contribution in [3.8, 4) is 5.75 Å². The summed E-state index contributed by atoms with van der Waals surface area (Å²) in [6.45, 7) is 3.57. The van der Waals surface area contributed by atoms with Crippen LogP contribution in [0.15, 0.2) is 35.7 Å². The summed E-state index contributed by atoms with van der Waals surface area (Å²) in [5.41, 5.74) is 0.849. The number of thiophene rings is 1. The van der Waals surface area contributed by atoms with Gasteiger partial charge in [0.2, 0.25) is 5.78 Å². The number of nitrogens with zero attached hydrogens (tertiary/aromatic N) is 1. The zero-order valence-electron chi connectivity index (χ0n) is 14.6. The molecule has 0 N–H and O–H groups in total. The molecule has 1 aliphatic heterocycles. The molecule has 0 radical (unpaired) electrons. The van der Waals surface area contributed by atoms with Crippen molar-refractivity contribution in [3.63, 3.8) is 0 Å². The van der Waals surface area contributed by atoms with E-state index in [1.807, 2.05) is 18.4 Å². The molecule has 6 nitrogen and oxygen atoms in total. The Balaban J connectivity index is 1.98. The first kappa shape index (κ1) is 18.1. The Labute approximate surface area is 155 Å². The van der Waals surface area contributed by atoms with Gasteiger partial charge in [-0.15, -0.1) is 11.3 Å². The van der Waals surface area contributed by atoms with Gasteiger partial charge in [-0.05, 0) is 43.0 Å². The number of rotatable bonds is 6.